The SMILES string of the molecule is c1ccc(-c2nc(-c3cccc4ccccc34)nc(-c3cccc4sc5ccc(-c6cc(-c7ccc8ccccc8c7)cc7cc8oc9ccccc9c8cc67)cc5c34)n2)cc1. The molecule has 0 unspecified atom stereocenters. The molecule has 0 radical (unpaired) electrons. The summed E-state index contributed by atoms with van der Waals surface area (Å²) in [5, 5.41) is 11.5. The van der Waals surface area contributed by atoms with Gasteiger partial charge < -0.3 is 4.42 Å². The predicted octanol–water partition coefficient (Wildman–Crippen LogP) is 15.9. The van der Waals surface area contributed by atoms with Crippen molar-refractivity contribution in [3.63, 3.8) is 0 Å². The van der Waals surface area contributed by atoms with E-state index in [1.807, 2.05) is 24.3 Å². The standard InChI is InChI=1S/C57H33N3OS/c1-2-14-36(15-3-1)55-58-56(44-20-10-17-35-13-6-7-18-42(35)44)60-57(59-55)45-21-11-23-53-54(45)49-30-39(26-27-52(49)62-53)46-31-40(38-25-24-34-12-4-5-16-37(34)28-38)29-41-32-51-48(33-47(41)46)43-19-8-9-22-50(43)61-51/h1-33H. The van der Waals surface area contributed by atoms with Crippen LogP contribution in [0, 0.1) is 0 Å². The third-order valence-electron chi connectivity index (χ3n) is 12.3. The quantitative estimate of drug-likeness (QED) is 0.174. The number of nitrogens with zero attached hydrogens (tertiary/aromatic N) is 3. The van der Waals surface area contributed by atoms with Crippen molar-refractivity contribution in [2.75, 3.05) is 0 Å². The Kier molecular flexibility index (Phi) is 7.74. The molecule has 5 heteroatoms. The van der Waals surface area contributed by atoms with Crippen LogP contribution in [0.25, 0.3) is 131 Å². The van der Waals surface area contributed by atoms with Crippen LogP contribution < -0.4 is 0 Å². The number of fused-ring (bicyclic) bond motifs is 9. The van der Waals surface area contributed by atoms with E-state index < -0.39 is 0 Å². The van der Waals surface area contributed by atoms with Crippen LogP contribution in [0.2, 0.25) is 0 Å². The second-order valence-corrected chi connectivity index (χ2v) is 17.0. The van der Waals surface area contributed by atoms with Crippen molar-refractivity contribution in [1.29, 1.82) is 0 Å². The van der Waals surface area contributed by atoms with Gasteiger partial charge in [0.2, 0.25) is 0 Å². The van der Waals surface area contributed by atoms with E-state index in [9.17, 15) is 0 Å². The van der Waals surface area contributed by atoms with Crippen LogP contribution in [0.5, 0.6) is 0 Å². The maximum atomic E-state index is 6.44. The van der Waals surface area contributed by atoms with E-state index in [1.54, 1.807) is 11.3 Å². The van der Waals surface area contributed by atoms with Gasteiger partial charge in [-0.25, -0.2) is 15.0 Å². The maximum absolute atomic E-state index is 6.44. The van der Waals surface area contributed by atoms with Gasteiger partial charge in [-0.2, -0.15) is 0 Å². The van der Waals surface area contributed by atoms with Gasteiger partial charge in [0.05, 0.1) is 0 Å². The van der Waals surface area contributed by atoms with Crippen molar-refractivity contribution in [1.82, 2.24) is 15.0 Å². The third kappa shape index (κ3) is 5.63. The van der Waals surface area contributed by atoms with Crippen LogP contribution in [0.1, 0.15) is 0 Å². The lowest BCUT2D eigenvalue weighted by atomic mass is 9.91. The first-order valence-corrected chi connectivity index (χ1v) is 21.6. The molecule has 0 N–H and O–H groups in total. The second kappa shape index (κ2) is 13.8. The van der Waals surface area contributed by atoms with Crippen molar-refractivity contribution in [3.8, 4) is 56.4 Å². The van der Waals surface area contributed by atoms with E-state index in [4.69, 9.17) is 19.4 Å². The normalized spacial score (nSPS) is 11.9. The number of para-hydroxylation sites is 1. The third-order valence-corrected chi connectivity index (χ3v) is 13.4. The van der Waals surface area contributed by atoms with Crippen molar-refractivity contribution in [2.45, 2.75) is 0 Å². The topological polar surface area (TPSA) is 51.8 Å². The van der Waals surface area contributed by atoms with E-state index in [-0.39, 0.29) is 0 Å². The number of thiophene rings is 1. The zero-order valence-corrected chi connectivity index (χ0v) is 34.0. The fourth-order valence-corrected chi connectivity index (χ4v) is 10.4. The van der Waals surface area contributed by atoms with Crippen LogP contribution in [0.4, 0.5) is 0 Å². The van der Waals surface area contributed by atoms with E-state index in [1.165, 1.54) is 42.1 Å². The number of furan rings is 1. The number of hydrogen-bond donors (Lipinski definition) is 0. The van der Waals surface area contributed by atoms with Crippen LogP contribution >= 0.6 is 11.3 Å². The first-order chi connectivity index (χ1) is 30.7. The van der Waals surface area contributed by atoms with Gasteiger partial charge in [-0.1, -0.05) is 146 Å². The number of rotatable bonds is 5. The molecular formula is C57H33N3OS. The lowest BCUT2D eigenvalue weighted by Gasteiger charge is -2.13. The first kappa shape index (κ1) is 34.8. The molecule has 13 aromatic rings. The van der Waals surface area contributed by atoms with Gasteiger partial charge in [-0.3, -0.25) is 0 Å². The minimum Gasteiger partial charge on any atom is -0.456 e. The summed E-state index contributed by atoms with van der Waals surface area (Å²) in [6.07, 6.45) is 0. The molecule has 0 saturated carbocycles. The van der Waals surface area contributed by atoms with Crippen LogP contribution in [-0.2, 0) is 0 Å². The van der Waals surface area contributed by atoms with Gasteiger partial charge in [0.1, 0.15) is 11.2 Å². The Labute approximate surface area is 360 Å². The largest absolute Gasteiger partial charge is 0.456 e. The number of hydrogen-bond acceptors (Lipinski definition) is 5. The zero-order chi connectivity index (χ0) is 40.7. The highest BCUT2D eigenvalue weighted by atomic mass is 32.1. The fourth-order valence-electron chi connectivity index (χ4n) is 9.29. The van der Waals surface area contributed by atoms with Crippen LogP contribution in [-0.4, -0.2) is 15.0 Å². The predicted molar refractivity (Wildman–Crippen MR) is 260 cm³/mol. The van der Waals surface area contributed by atoms with Crippen LogP contribution in [0.3, 0.4) is 0 Å². The smallest absolute Gasteiger partial charge is 0.164 e. The molecule has 0 atom stereocenters. The Hall–Kier alpha value is -7.99. The first-order valence-electron chi connectivity index (χ1n) is 20.8. The highest BCUT2D eigenvalue weighted by Crippen LogP contribution is 2.44. The number of benzene rings is 10. The molecule has 0 spiro atoms. The van der Waals surface area contributed by atoms with Gasteiger partial charge >= 0.3 is 0 Å². The molecule has 0 amide bonds. The van der Waals surface area contributed by atoms with Gasteiger partial charge in [0, 0.05) is 47.6 Å². The van der Waals surface area contributed by atoms with Gasteiger partial charge in [0.25, 0.3) is 0 Å². The Morgan fingerprint density at radius 2 is 1.00 bits per heavy atom. The summed E-state index contributed by atoms with van der Waals surface area (Å²) < 4.78 is 8.83. The lowest BCUT2D eigenvalue weighted by molar-refractivity contribution is 0.669. The molecule has 0 aliphatic heterocycles. The van der Waals surface area contributed by atoms with Crippen molar-refractivity contribution >= 4 is 85.8 Å². The van der Waals surface area contributed by atoms with Crippen molar-refractivity contribution < 1.29 is 4.42 Å². The molecule has 0 fully saturated rings. The maximum Gasteiger partial charge on any atom is 0.164 e. The molecular weight excluding hydrogens is 775 g/mol. The van der Waals surface area contributed by atoms with Crippen molar-refractivity contribution in [3.05, 3.63) is 200 Å². The second-order valence-electron chi connectivity index (χ2n) is 15.9. The van der Waals surface area contributed by atoms with E-state index >= 15 is 0 Å². The minimum absolute atomic E-state index is 0.644. The van der Waals surface area contributed by atoms with Gasteiger partial charge in [0.15, 0.2) is 17.5 Å². The summed E-state index contributed by atoms with van der Waals surface area (Å²) in [5.41, 5.74) is 9.32. The molecule has 0 bridgehead atoms. The average Bonchev–Trinajstić information content (AvgIpc) is 3.90. The van der Waals surface area contributed by atoms with Gasteiger partial charge in [-0.15, -0.1) is 11.3 Å². The monoisotopic (exact) mass is 807 g/mol. The summed E-state index contributed by atoms with van der Waals surface area (Å²) in [7, 11) is 0. The Bertz CT molecular complexity index is 3940. The lowest BCUT2D eigenvalue weighted by Crippen LogP contribution is -2.00. The van der Waals surface area contributed by atoms with Gasteiger partial charge in [-0.05, 0) is 109 Å². The zero-order valence-electron chi connectivity index (χ0n) is 33.2. The molecule has 13 rings (SSSR count). The van der Waals surface area contributed by atoms with E-state index in [0.29, 0.717) is 17.5 Å². The van der Waals surface area contributed by atoms with Crippen molar-refractivity contribution in [2.24, 2.45) is 0 Å². The molecule has 62 heavy (non-hydrogen) atoms. The van der Waals surface area contributed by atoms with E-state index in [2.05, 4.69) is 176 Å². The highest BCUT2D eigenvalue weighted by Gasteiger charge is 2.20. The highest BCUT2D eigenvalue weighted by molar-refractivity contribution is 7.26. The molecule has 3 aromatic heterocycles. The summed E-state index contributed by atoms with van der Waals surface area (Å²) in [6, 6.07) is 71.2. The summed E-state index contributed by atoms with van der Waals surface area (Å²) in [5.74, 6) is 1.94. The molecule has 10 aromatic carbocycles. The van der Waals surface area contributed by atoms with E-state index in [0.717, 1.165) is 71.3 Å². The average molecular weight is 808 g/mol. The molecule has 0 aliphatic carbocycles. The molecule has 0 saturated heterocycles. The van der Waals surface area contributed by atoms with Crippen LogP contribution in [0.15, 0.2) is 205 Å². The Balaban J connectivity index is 1.05. The molecule has 4 nitrogen and oxygen atoms in total. The Morgan fingerprint density at radius 1 is 0.306 bits per heavy atom. The number of aromatic nitrogens is 3. The molecule has 0 aliphatic rings. The molecule has 3 heterocycles. The fraction of sp³-hybridized carbons (Fsp3) is 0. The summed E-state index contributed by atoms with van der Waals surface area (Å²) in [4.78, 5) is 15.6. The minimum atomic E-state index is 0.644. The summed E-state index contributed by atoms with van der Waals surface area (Å²) in [6.45, 7) is 0. The summed E-state index contributed by atoms with van der Waals surface area (Å²) >= 11 is 1.80. The Morgan fingerprint density at radius 3 is 1.90 bits per heavy atom. The molecule has 288 valence electrons.